The van der Waals surface area contributed by atoms with E-state index in [1.165, 1.54) is 0 Å². The van der Waals surface area contributed by atoms with E-state index in [1.807, 2.05) is 60.7 Å². The maximum Gasteiger partial charge on any atom is 0.293 e. The zero-order valence-electron chi connectivity index (χ0n) is 15.2. The SMILES string of the molecule is O=C(N/N=C/c1ccc2ccccc2c1)c1nn(Cc2ccc(Br)cc2)cc1Br. The lowest BCUT2D eigenvalue weighted by Gasteiger charge is -2.02. The first-order valence-corrected chi connectivity index (χ1v) is 10.5. The zero-order valence-corrected chi connectivity index (χ0v) is 18.4. The molecule has 3 aromatic carbocycles. The van der Waals surface area contributed by atoms with Gasteiger partial charge in [-0.25, -0.2) is 5.43 Å². The highest BCUT2D eigenvalue weighted by molar-refractivity contribution is 9.10. The molecule has 4 aromatic rings. The van der Waals surface area contributed by atoms with Crippen LogP contribution in [0.2, 0.25) is 0 Å². The van der Waals surface area contributed by atoms with E-state index in [0.29, 0.717) is 11.0 Å². The zero-order chi connectivity index (χ0) is 20.2. The molecule has 0 bridgehead atoms. The Kier molecular flexibility index (Phi) is 5.87. The molecule has 0 aliphatic rings. The lowest BCUT2D eigenvalue weighted by atomic mass is 10.1. The van der Waals surface area contributed by atoms with Crippen LogP contribution < -0.4 is 5.43 Å². The van der Waals surface area contributed by atoms with Gasteiger partial charge in [0.05, 0.1) is 17.2 Å². The maximum absolute atomic E-state index is 12.4. The molecule has 0 spiro atoms. The monoisotopic (exact) mass is 510 g/mol. The van der Waals surface area contributed by atoms with E-state index in [4.69, 9.17) is 0 Å². The van der Waals surface area contributed by atoms with Crippen molar-refractivity contribution in [1.29, 1.82) is 0 Å². The predicted molar refractivity (Wildman–Crippen MR) is 122 cm³/mol. The lowest BCUT2D eigenvalue weighted by Crippen LogP contribution is -2.19. The molecule has 0 fully saturated rings. The van der Waals surface area contributed by atoms with E-state index in [0.717, 1.165) is 26.4 Å². The molecule has 29 heavy (non-hydrogen) atoms. The number of nitrogens with one attached hydrogen (secondary N) is 1. The van der Waals surface area contributed by atoms with E-state index in [-0.39, 0.29) is 11.6 Å². The van der Waals surface area contributed by atoms with Crippen molar-refractivity contribution in [3.63, 3.8) is 0 Å². The average Bonchev–Trinajstić information content (AvgIpc) is 3.09. The molecule has 0 aliphatic heterocycles. The first kappa shape index (κ1) is 19.5. The highest BCUT2D eigenvalue weighted by Crippen LogP contribution is 2.17. The van der Waals surface area contributed by atoms with Crippen molar-refractivity contribution in [2.45, 2.75) is 6.54 Å². The van der Waals surface area contributed by atoms with Gasteiger partial charge >= 0.3 is 0 Å². The summed E-state index contributed by atoms with van der Waals surface area (Å²) >= 11 is 6.83. The highest BCUT2D eigenvalue weighted by atomic mass is 79.9. The first-order chi connectivity index (χ1) is 14.1. The van der Waals surface area contributed by atoms with Crippen LogP contribution >= 0.6 is 31.9 Å². The van der Waals surface area contributed by atoms with Gasteiger partial charge < -0.3 is 0 Å². The minimum Gasteiger partial charge on any atom is -0.266 e. The molecule has 0 saturated heterocycles. The van der Waals surface area contributed by atoms with Gasteiger partial charge in [-0.15, -0.1) is 0 Å². The molecule has 5 nitrogen and oxygen atoms in total. The third-order valence-corrected chi connectivity index (χ3v) is 5.45. The lowest BCUT2D eigenvalue weighted by molar-refractivity contribution is 0.0948. The molecule has 0 atom stereocenters. The fourth-order valence-electron chi connectivity index (χ4n) is 2.92. The molecule has 0 aliphatic carbocycles. The summed E-state index contributed by atoms with van der Waals surface area (Å²) in [5.74, 6) is -0.372. The van der Waals surface area contributed by atoms with Gasteiger partial charge in [-0.05, 0) is 56.0 Å². The maximum atomic E-state index is 12.4. The second-order valence-electron chi connectivity index (χ2n) is 6.46. The number of carbonyl (C=O) groups is 1. The summed E-state index contributed by atoms with van der Waals surface area (Å²) in [6, 6.07) is 22.1. The van der Waals surface area contributed by atoms with Crippen LogP contribution in [0, 0.1) is 0 Å². The van der Waals surface area contributed by atoms with E-state index in [1.54, 1.807) is 17.1 Å². The molecule has 0 radical (unpaired) electrons. The van der Waals surface area contributed by atoms with Gasteiger partial charge in [0.25, 0.3) is 5.91 Å². The molecular weight excluding hydrogens is 496 g/mol. The van der Waals surface area contributed by atoms with Crippen LogP contribution in [0.15, 0.2) is 87.0 Å². The number of hydrogen-bond acceptors (Lipinski definition) is 3. The Labute approximate surface area is 184 Å². The quantitative estimate of drug-likeness (QED) is 0.289. The Bertz CT molecular complexity index is 1200. The molecule has 1 aromatic heterocycles. The molecule has 144 valence electrons. The molecular formula is C22H16Br2N4O. The van der Waals surface area contributed by atoms with Crippen LogP contribution in [-0.2, 0) is 6.54 Å². The first-order valence-electron chi connectivity index (χ1n) is 8.88. The number of rotatable bonds is 5. The predicted octanol–water partition coefficient (Wildman–Crippen LogP) is 5.37. The highest BCUT2D eigenvalue weighted by Gasteiger charge is 2.14. The third-order valence-electron chi connectivity index (χ3n) is 4.34. The Morgan fingerprint density at radius 3 is 2.59 bits per heavy atom. The summed E-state index contributed by atoms with van der Waals surface area (Å²) < 4.78 is 3.36. The number of aromatic nitrogens is 2. The number of carbonyl (C=O) groups excluding carboxylic acids is 1. The van der Waals surface area contributed by atoms with E-state index in [9.17, 15) is 4.79 Å². The molecule has 1 amide bonds. The number of nitrogens with zero attached hydrogens (tertiary/aromatic N) is 3. The fraction of sp³-hybridized carbons (Fsp3) is 0.0455. The number of hydrazone groups is 1. The van der Waals surface area contributed by atoms with Crippen LogP contribution in [0.3, 0.4) is 0 Å². The second kappa shape index (κ2) is 8.71. The minimum atomic E-state index is -0.372. The number of halogens is 2. The van der Waals surface area contributed by atoms with Gasteiger partial charge in [-0.1, -0.05) is 64.5 Å². The fourth-order valence-corrected chi connectivity index (χ4v) is 3.68. The Morgan fingerprint density at radius 1 is 1.03 bits per heavy atom. The van der Waals surface area contributed by atoms with Crippen LogP contribution in [-0.4, -0.2) is 21.9 Å². The topological polar surface area (TPSA) is 59.3 Å². The van der Waals surface area contributed by atoms with Crippen molar-refractivity contribution >= 4 is 54.8 Å². The number of benzene rings is 3. The largest absolute Gasteiger partial charge is 0.293 e. The molecule has 4 rings (SSSR count). The van der Waals surface area contributed by atoms with Gasteiger partial charge in [0.1, 0.15) is 0 Å². The summed E-state index contributed by atoms with van der Waals surface area (Å²) in [4.78, 5) is 12.4. The van der Waals surface area contributed by atoms with Crippen molar-refractivity contribution in [3.8, 4) is 0 Å². The smallest absolute Gasteiger partial charge is 0.266 e. The van der Waals surface area contributed by atoms with Crippen LogP contribution in [0.5, 0.6) is 0 Å². The molecule has 7 heteroatoms. The van der Waals surface area contributed by atoms with Crippen molar-refractivity contribution in [1.82, 2.24) is 15.2 Å². The number of amides is 1. The van der Waals surface area contributed by atoms with Gasteiger partial charge in [-0.2, -0.15) is 10.2 Å². The molecule has 1 heterocycles. The van der Waals surface area contributed by atoms with Crippen molar-refractivity contribution < 1.29 is 4.79 Å². The van der Waals surface area contributed by atoms with Crippen LogP contribution in [0.4, 0.5) is 0 Å². The van der Waals surface area contributed by atoms with Crippen molar-refractivity contribution in [2.24, 2.45) is 5.10 Å². The van der Waals surface area contributed by atoms with Gasteiger partial charge in [0.15, 0.2) is 5.69 Å². The summed E-state index contributed by atoms with van der Waals surface area (Å²) in [5.41, 5.74) is 4.82. The third kappa shape index (κ3) is 4.81. The minimum absolute atomic E-state index is 0.290. The van der Waals surface area contributed by atoms with Gasteiger partial charge in [0, 0.05) is 10.7 Å². The molecule has 0 saturated carbocycles. The average molecular weight is 512 g/mol. The molecule has 0 unspecified atom stereocenters. The van der Waals surface area contributed by atoms with Crippen molar-refractivity contribution in [3.05, 3.63) is 98.7 Å². The van der Waals surface area contributed by atoms with E-state index in [2.05, 4.69) is 53.6 Å². The van der Waals surface area contributed by atoms with Crippen LogP contribution in [0.1, 0.15) is 21.6 Å². The normalized spacial score (nSPS) is 11.2. The Balaban J connectivity index is 1.43. The Morgan fingerprint density at radius 2 is 1.79 bits per heavy atom. The summed E-state index contributed by atoms with van der Waals surface area (Å²) in [5, 5.41) is 10.7. The van der Waals surface area contributed by atoms with Gasteiger partial charge in [0.2, 0.25) is 0 Å². The number of fused-ring (bicyclic) bond motifs is 1. The summed E-state index contributed by atoms with van der Waals surface area (Å²) in [6.45, 7) is 0.569. The summed E-state index contributed by atoms with van der Waals surface area (Å²) in [6.07, 6.45) is 3.40. The van der Waals surface area contributed by atoms with Crippen molar-refractivity contribution in [2.75, 3.05) is 0 Å². The van der Waals surface area contributed by atoms with E-state index >= 15 is 0 Å². The molecule has 1 N–H and O–H groups in total. The standard InChI is InChI=1S/C22H16Br2N4O/c23-19-9-6-15(7-10-19)13-28-14-20(24)21(27-28)22(29)26-25-12-16-5-8-17-3-1-2-4-18(17)11-16/h1-12,14H,13H2,(H,26,29)/b25-12+. The van der Waals surface area contributed by atoms with E-state index < -0.39 is 0 Å². The Hall–Kier alpha value is -2.77. The van der Waals surface area contributed by atoms with Gasteiger partial charge in [-0.3, -0.25) is 9.48 Å². The summed E-state index contributed by atoms with van der Waals surface area (Å²) in [7, 11) is 0. The second-order valence-corrected chi connectivity index (χ2v) is 8.23. The van der Waals surface area contributed by atoms with Crippen LogP contribution in [0.25, 0.3) is 10.8 Å². The number of hydrogen-bond donors (Lipinski definition) is 1.